The molecule has 2 aliphatic carbocycles. The van der Waals surface area contributed by atoms with Crippen molar-refractivity contribution >= 4 is 0 Å². The molecule has 0 N–H and O–H groups in total. The van der Waals surface area contributed by atoms with Gasteiger partial charge in [-0.3, -0.25) is 0 Å². The van der Waals surface area contributed by atoms with Gasteiger partial charge < -0.3 is 9.47 Å². The van der Waals surface area contributed by atoms with Crippen molar-refractivity contribution in [3.8, 4) is 11.5 Å². The van der Waals surface area contributed by atoms with E-state index in [9.17, 15) is 0 Å². The molecule has 0 amide bonds. The molecule has 0 radical (unpaired) electrons. The molecule has 0 bridgehead atoms. The Labute approximate surface area is 305 Å². The third kappa shape index (κ3) is 10.0. The summed E-state index contributed by atoms with van der Waals surface area (Å²) in [5.41, 5.74) is 15.1. The fourth-order valence-electron chi connectivity index (χ4n) is 7.57. The van der Waals surface area contributed by atoms with Crippen LogP contribution in [0.4, 0.5) is 0 Å². The number of ether oxygens (including phenoxy) is 2. The third-order valence-corrected chi connectivity index (χ3v) is 10.9. The van der Waals surface area contributed by atoms with Crippen LogP contribution < -0.4 is 9.47 Å². The lowest BCUT2D eigenvalue weighted by molar-refractivity contribution is 0.356. The predicted octanol–water partition coefficient (Wildman–Crippen LogP) is 12.9. The lowest BCUT2D eigenvalue weighted by atomic mass is 9.85. The summed E-state index contributed by atoms with van der Waals surface area (Å²) in [6, 6.07) is 27.0. The van der Waals surface area contributed by atoms with E-state index in [1.165, 1.54) is 79.2 Å². The first-order chi connectivity index (χ1) is 24.1. The molecule has 0 aromatic heterocycles. The Bertz CT molecular complexity index is 1610. The Hall–Kier alpha value is -3.52. The van der Waals surface area contributed by atoms with Crippen LogP contribution in [-0.2, 0) is 38.5 Å². The molecule has 0 atom stereocenters. The van der Waals surface area contributed by atoms with Crippen LogP contribution in [0.25, 0.3) is 0 Å². The van der Waals surface area contributed by atoms with Gasteiger partial charge in [0.25, 0.3) is 0 Å². The van der Waals surface area contributed by atoms with E-state index < -0.39 is 0 Å². The van der Waals surface area contributed by atoms with E-state index in [-0.39, 0.29) is 0 Å². The van der Waals surface area contributed by atoms with Crippen molar-refractivity contribution in [1.29, 1.82) is 0 Å². The topological polar surface area (TPSA) is 18.5 Å². The van der Waals surface area contributed by atoms with Gasteiger partial charge in [-0.15, -0.1) is 0 Å². The molecule has 268 valence electrons. The van der Waals surface area contributed by atoms with E-state index in [1.54, 1.807) is 27.8 Å². The van der Waals surface area contributed by atoms with Gasteiger partial charge in [-0.05, 0) is 143 Å². The summed E-state index contributed by atoms with van der Waals surface area (Å²) in [5, 5.41) is 0. The molecule has 0 saturated heterocycles. The highest BCUT2D eigenvalue weighted by atomic mass is 16.5. The van der Waals surface area contributed by atoms with Crippen molar-refractivity contribution in [2.75, 3.05) is 13.2 Å². The Morgan fingerprint density at radius 3 is 1.58 bits per heavy atom. The van der Waals surface area contributed by atoms with Crippen molar-refractivity contribution < 1.29 is 9.47 Å². The Morgan fingerprint density at radius 1 is 0.400 bits per heavy atom. The molecule has 2 nitrogen and oxygen atoms in total. The normalized spacial score (nSPS) is 15.3. The van der Waals surface area contributed by atoms with Crippen molar-refractivity contribution in [2.24, 2.45) is 0 Å². The molecule has 0 unspecified atom stereocenters. The molecular formula is C48H64O2. The highest BCUT2D eigenvalue weighted by Gasteiger charge is 2.15. The number of rotatable bonds is 4. The van der Waals surface area contributed by atoms with Gasteiger partial charge in [-0.2, -0.15) is 0 Å². The van der Waals surface area contributed by atoms with E-state index in [0.717, 1.165) is 37.6 Å². The van der Waals surface area contributed by atoms with Crippen molar-refractivity contribution in [2.45, 2.75) is 143 Å². The second-order valence-electron chi connectivity index (χ2n) is 16.0. The summed E-state index contributed by atoms with van der Waals surface area (Å²) < 4.78 is 10.9. The highest BCUT2D eigenvalue weighted by molar-refractivity contribution is 5.42. The molecule has 8 rings (SSSR count). The van der Waals surface area contributed by atoms with Crippen LogP contribution in [0.15, 0.2) is 72.8 Å². The quantitative estimate of drug-likeness (QED) is 0.215. The molecule has 2 heterocycles. The molecule has 50 heavy (non-hydrogen) atoms. The van der Waals surface area contributed by atoms with Crippen LogP contribution in [-0.4, -0.2) is 13.2 Å². The van der Waals surface area contributed by atoms with Crippen molar-refractivity contribution in [3.05, 3.63) is 128 Å². The SMILES string of the molecule is CC(C)c1ccc2c(c1)CCCC2.CC(C)c1ccc2c(c1)CCO2.CC(C)c1ccc2c(c1)OCC2.CC(C)c1cccc2c1CCCC2. The van der Waals surface area contributed by atoms with Crippen LogP contribution in [0, 0.1) is 0 Å². The van der Waals surface area contributed by atoms with E-state index in [2.05, 4.69) is 128 Å². The lowest BCUT2D eigenvalue weighted by Gasteiger charge is -2.21. The van der Waals surface area contributed by atoms with Gasteiger partial charge in [-0.1, -0.05) is 116 Å². The smallest absolute Gasteiger partial charge is 0.122 e. The zero-order chi connectivity index (χ0) is 35.6. The number of aryl methyl sites for hydroxylation is 3. The molecular weight excluding hydrogens is 609 g/mol. The van der Waals surface area contributed by atoms with E-state index in [4.69, 9.17) is 9.47 Å². The molecule has 0 fully saturated rings. The number of hydrogen-bond acceptors (Lipinski definition) is 2. The van der Waals surface area contributed by atoms with Crippen LogP contribution in [0.3, 0.4) is 0 Å². The largest absolute Gasteiger partial charge is 0.493 e. The van der Waals surface area contributed by atoms with Crippen molar-refractivity contribution in [1.82, 2.24) is 0 Å². The summed E-state index contributed by atoms with van der Waals surface area (Å²) >= 11 is 0. The van der Waals surface area contributed by atoms with Gasteiger partial charge in [0.2, 0.25) is 0 Å². The number of benzene rings is 4. The summed E-state index contributed by atoms with van der Waals surface area (Å²) in [5.74, 6) is 4.76. The Morgan fingerprint density at radius 2 is 0.920 bits per heavy atom. The Balaban J connectivity index is 0.000000130. The molecule has 4 aromatic carbocycles. The first kappa shape index (κ1) is 37.7. The number of fused-ring (bicyclic) bond motifs is 4. The lowest BCUT2D eigenvalue weighted by Crippen LogP contribution is -2.06. The zero-order valence-corrected chi connectivity index (χ0v) is 32.5. The molecule has 4 aliphatic rings. The van der Waals surface area contributed by atoms with Crippen molar-refractivity contribution in [3.63, 3.8) is 0 Å². The van der Waals surface area contributed by atoms with E-state index in [1.807, 2.05) is 0 Å². The monoisotopic (exact) mass is 672 g/mol. The fourth-order valence-corrected chi connectivity index (χ4v) is 7.57. The predicted molar refractivity (Wildman–Crippen MR) is 214 cm³/mol. The van der Waals surface area contributed by atoms with Gasteiger partial charge in [-0.25, -0.2) is 0 Å². The minimum atomic E-state index is 0.597. The van der Waals surface area contributed by atoms with Gasteiger partial charge >= 0.3 is 0 Å². The zero-order valence-electron chi connectivity index (χ0n) is 32.5. The van der Waals surface area contributed by atoms with Crippen LogP contribution in [0.2, 0.25) is 0 Å². The minimum Gasteiger partial charge on any atom is -0.493 e. The summed E-state index contributed by atoms with van der Waals surface area (Å²) in [4.78, 5) is 0. The van der Waals surface area contributed by atoms with E-state index in [0.29, 0.717) is 23.7 Å². The Kier molecular flexibility index (Phi) is 13.7. The summed E-state index contributed by atoms with van der Waals surface area (Å²) in [6.07, 6.45) is 12.9. The average Bonchev–Trinajstić information content (AvgIpc) is 3.81. The second kappa shape index (κ2) is 18.1. The molecule has 0 spiro atoms. The van der Waals surface area contributed by atoms with Gasteiger partial charge in [0, 0.05) is 12.8 Å². The molecule has 2 aliphatic heterocycles. The van der Waals surface area contributed by atoms with Crippen LogP contribution in [0.1, 0.15) is 160 Å². The second-order valence-corrected chi connectivity index (χ2v) is 16.0. The third-order valence-electron chi connectivity index (χ3n) is 10.9. The summed E-state index contributed by atoms with van der Waals surface area (Å²) in [6.45, 7) is 19.7. The number of hydrogen-bond donors (Lipinski definition) is 0. The minimum absolute atomic E-state index is 0.597. The van der Waals surface area contributed by atoms with Crippen LogP contribution >= 0.6 is 0 Å². The fraction of sp³-hybridized carbons (Fsp3) is 0.500. The highest BCUT2D eigenvalue weighted by Crippen LogP contribution is 2.31. The first-order valence-electron chi connectivity index (χ1n) is 19.8. The molecule has 4 aromatic rings. The first-order valence-corrected chi connectivity index (χ1v) is 19.8. The average molecular weight is 673 g/mol. The van der Waals surface area contributed by atoms with Gasteiger partial charge in [0.15, 0.2) is 0 Å². The van der Waals surface area contributed by atoms with E-state index >= 15 is 0 Å². The molecule has 0 saturated carbocycles. The standard InChI is InChI=1S/2C13H18.2C11H14O/c1-10(2)12-9-5-7-11-6-3-4-8-13(11)12;1-10(2)12-8-7-11-5-3-4-6-13(11)9-12;1-8(2)9-3-4-11-10(7-9)5-6-12-11;1-8(2)10-4-3-9-5-6-12-11(9)7-10/h5,7,9-10H,3-4,6,8H2,1-2H3;7-10H,3-6H2,1-2H3;2*3-4,7-8H,5-6H2,1-2H3. The van der Waals surface area contributed by atoms with Gasteiger partial charge in [0.1, 0.15) is 11.5 Å². The van der Waals surface area contributed by atoms with Crippen LogP contribution in [0.5, 0.6) is 11.5 Å². The maximum atomic E-state index is 5.49. The van der Waals surface area contributed by atoms with Gasteiger partial charge in [0.05, 0.1) is 13.2 Å². The summed E-state index contributed by atoms with van der Waals surface area (Å²) in [7, 11) is 0. The molecule has 2 heteroatoms. The maximum Gasteiger partial charge on any atom is 0.122 e. The maximum absolute atomic E-state index is 5.49.